The van der Waals surface area contributed by atoms with Crippen molar-refractivity contribution in [2.45, 2.75) is 20.4 Å². The normalized spacial score (nSPS) is 28.4. The number of likely N-dealkylation sites (tertiary alicyclic amines) is 1. The second-order valence-corrected chi connectivity index (χ2v) is 5.78. The summed E-state index contributed by atoms with van der Waals surface area (Å²) >= 11 is 0. The van der Waals surface area contributed by atoms with Gasteiger partial charge in [-0.25, -0.2) is 0 Å². The number of amides is 2. The smallest absolute Gasteiger partial charge is 0.233 e. The van der Waals surface area contributed by atoms with Crippen LogP contribution in [0.1, 0.15) is 19.4 Å². The molecule has 0 radical (unpaired) electrons. The highest BCUT2D eigenvalue weighted by atomic mass is 16.2. The second kappa shape index (κ2) is 3.34. The van der Waals surface area contributed by atoms with Gasteiger partial charge in [0, 0.05) is 5.69 Å². The maximum absolute atomic E-state index is 12.1. The van der Waals surface area contributed by atoms with Gasteiger partial charge in [-0.05, 0) is 23.1 Å². The number of nitrogens with two attached hydrogens (primary N) is 1. The first-order valence-electron chi connectivity index (χ1n) is 6.12. The third-order valence-electron chi connectivity index (χ3n) is 4.18. The molecule has 0 bridgehead atoms. The number of imide groups is 1. The van der Waals surface area contributed by atoms with Gasteiger partial charge in [0.2, 0.25) is 11.8 Å². The summed E-state index contributed by atoms with van der Waals surface area (Å²) in [5, 5.41) is 0. The number of nitrogens with zero attached hydrogens (tertiary/aromatic N) is 1. The molecule has 1 heterocycles. The van der Waals surface area contributed by atoms with E-state index in [9.17, 15) is 9.59 Å². The minimum absolute atomic E-state index is 0.0302. The molecule has 0 spiro atoms. The maximum atomic E-state index is 12.1. The van der Waals surface area contributed by atoms with Crippen molar-refractivity contribution in [2.24, 2.45) is 17.3 Å². The number of benzene rings is 1. The number of hydrogen-bond donors (Lipinski definition) is 1. The topological polar surface area (TPSA) is 63.4 Å². The molecule has 1 aliphatic carbocycles. The standard InChI is InChI=1S/C14H16N2O2/c1-14(2)10-11(14)13(18)16(12(10)17)7-8-4-3-5-9(15)6-8/h3-6,10-11H,7,15H2,1-2H3. The third kappa shape index (κ3) is 1.38. The Bertz CT molecular complexity index is 526. The number of anilines is 1. The van der Waals surface area contributed by atoms with Crippen LogP contribution in [-0.4, -0.2) is 16.7 Å². The van der Waals surface area contributed by atoms with Crippen LogP contribution >= 0.6 is 0 Å². The lowest BCUT2D eigenvalue weighted by Crippen LogP contribution is -2.35. The van der Waals surface area contributed by atoms with Gasteiger partial charge < -0.3 is 5.73 Å². The average Bonchev–Trinajstić information content (AvgIpc) is 2.77. The molecule has 1 aromatic carbocycles. The molecule has 1 saturated heterocycles. The van der Waals surface area contributed by atoms with E-state index in [0.717, 1.165) is 5.56 Å². The molecule has 18 heavy (non-hydrogen) atoms. The Labute approximate surface area is 106 Å². The molecule has 2 aliphatic rings. The van der Waals surface area contributed by atoms with Crippen molar-refractivity contribution in [3.63, 3.8) is 0 Å². The predicted octanol–water partition coefficient (Wildman–Crippen LogP) is 1.41. The fraction of sp³-hybridized carbons (Fsp3) is 0.429. The van der Waals surface area contributed by atoms with Crippen LogP contribution in [0.25, 0.3) is 0 Å². The molecule has 0 aromatic heterocycles. The lowest BCUT2D eigenvalue weighted by atomic mass is 10.1. The van der Waals surface area contributed by atoms with Crippen molar-refractivity contribution < 1.29 is 9.59 Å². The summed E-state index contributed by atoms with van der Waals surface area (Å²) in [5.74, 6) is -0.271. The molecule has 2 fully saturated rings. The summed E-state index contributed by atoms with van der Waals surface area (Å²) < 4.78 is 0. The SMILES string of the molecule is CC1(C)C2C(=O)N(Cc3cccc(N)c3)C(=O)C21. The van der Waals surface area contributed by atoms with E-state index < -0.39 is 0 Å². The van der Waals surface area contributed by atoms with E-state index in [-0.39, 0.29) is 29.1 Å². The quantitative estimate of drug-likeness (QED) is 0.632. The van der Waals surface area contributed by atoms with Gasteiger partial charge in [0.1, 0.15) is 0 Å². The molecule has 3 rings (SSSR count). The predicted molar refractivity (Wildman–Crippen MR) is 67.2 cm³/mol. The van der Waals surface area contributed by atoms with Gasteiger partial charge in [-0.1, -0.05) is 26.0 Å². The third-order valence-corrected chi connectivity index (χ3v) is 4.18. The number of fused-ring (bicyclic) bond motifs is 1. The highest BCUT2D eigenvalue weighted by Gasteiger charge is 2.72. The van der Waals surface area contributed by atoms with Crippen molar-refractivity contribution in [3.05, 3.63) is 29.8 Å². The Morgan fingerprint density at radius 1 is 1.22 bits per heavy atom. The van der Waals surface area contributed by atoms with Crippen molar-refractivity contribution in [3.8, 4) is 0 Å². The van der Waals surface area contributed by atoms with Crippen LogP contribution in [0.15, 0.2) is 24.3 Å². The van der Waals surface area contributed by atoms with E-state index >= 15 is 0 Å². The van der Waals surface area contributed by atoms with E-state index in [1.54, 1.807) is 12.1 Å². The van der Waals surface area contributed by atoms with E-state index in [0.29, 0.717) is 12.2 Å². The minimum Gasteiger partial charge on any atom is -0.399 e. The highest BCUT2D eigenvalue weighted by Crippen LogP contribution is 2.63. The lowest BCUT2D eigenvalue weighted by Gasteiger charge is -2.20. The molecular weight excluding hydrogens is 228 g/mol. The van der Waals surface area contributed by atoms with Gasteiger partial charge in [0.15, 0.2) is 0 Å². The molecular formula is C14H16N2O2. The van der Waals surface area contributed by atoms with E-state index in [2.05, 4.69) is 0 Å². The van der Waals surface area contributed by atoms with Crippen LogP contribution in [-0.2, 0) is 16.1 Å². The second-order valence-electron chi connectivity index (χ2n) is 5.78. The van der Waals surface area contributed by atoms with Gasteiger partial charge in [0.25, 0.3) is 0 Å². The number of piperidine rings is 1. The largest absolute Gasteiger partial charge is 0.399 e. The molecule has 94 valence electrons. The summed E-state index contributed by atoms with van der Waals surface area (Å²) in [6, 6.07) is 7.31. The Hall–Kier alpha value is -1.84. The molecule has 1 aromatic rings. The summed E-state index contributed by atoms with van der Waals surface area (Å²) in [4.78, 5) is 25.6. The zero-order chi connectivity index (χ0) is 13.1. The minimum atomic E-state index is -0.139. The number of carbonyl (C=O) groups excluding carboxylic acids is 2. The Kier molecular flexibility index (Phi) is 2.09. The van der Waals surface area contributed by atoms with Gasteiger partial charge in [-0.15, -0.1) is 0 Å². The first kappa shape index (κ1) is 11.3. The zero-order valence-corrected chi connectivity index (χ0v) is 10.5. The molecule has 2 amide bonds. The highest BCUT2D eigenvalue weighted by molar-refractivity contribution is 6.10. The summed E-state index contributed by atoms with van der Waals surface area (Å²) in [5.41, 5.74) is 7.10. The van der Waals surface area contributed by atoms with Gasteiger partial charge in [0.05, 0.1) is 18.4 Å². The first-order valence-corrected chi connectivity index (χ1v) is 6.12. The van der Waals surface area contributed by atoms with Crippen LogP contribution in [0.2, 0.25) is 0 Å². The van der Waals surface area contributed by atoms with Crippen LogP contribution < -0.4 is 5.73 Å². The molecule has 1 saturated carbocycles. The number of rotatable bonds is 2. The summed E-state index contributed by atoms with van der Waals surface area (Å²) in [7, 11) is 0. The van der Waals surface area contributed by atoms with Crippen molar-refractivity contribution in [2.75, 3.05) is 5.73 Å². The van der Waals surface area contributed by atoms with E-state index in [4.69, 9.17) is 5.73 Å². The van der Waals surface area contributed by atoms with Crippen LogP contribution in [0.5, 0.6) is 0 Å². The monoisotopic (exact) mass is 244 g/mol. The lowest BCUT2D eigenvalue weighted by molar-refractivity contribution is -0.143. The Morgan fingerprint density at radius 3 is 2.39 bits per heavy atom. The molecule has 4 nitrogen and oxygen atoms in total. The van der Waals surface area contributed by atoms with Gasteiger partial charge >= 0.3 is 0 Å². The zero-order valence-electron chi connectivity index (χ0n) is 10.5. The van der Waals surface area contributed by atoms with E-state index in [1.807, 2.05) is 26.0 Å². The summed E-state index contributed by atoms with van der Waals surface area (Å²) in [6.07, 6.45) is 0. The maximum Gasteiger partial charge on any atom is 0.233 e. The van der Waals surface area contributed by atoms with Crippen LogP contribution in [0, 0.1) is 17.3 Å². The fourth-order valence-corrected chi connectivity index (χ4v) is 3.03. The molecule has 4 heteroatoms. The van der Waals surface area contributed by atoms with Gasteiger partial charge in [-0.2, -0.15) is 0 Å². The Balaban J connectivity index is 1.80. The van der Waals surface area contributed by atoms with Crippen molar-refractivity contribution in [1.82, 2.24) is 4.90 Å². The van der Waals surface area contributed by atoms with E-state index in [1.165, 1.54) is 4.90 Å². The van der Waals surface area contributed by atoms with Crippen LogP contribution in [0.3, 0.4) is 0 Å². The molecule has 2 N–H and O–H groups in total. The average molecular weight is 244 g/mol. The molecule has 2 atom stereocenters. The fourth-order valence-electron chi connectivity index (χ4n) is 3.03. The summed E-state index contributed by atoms with van der Waals surface area (Å²) in [6.45, 7) is 4.30. The number of nitrogen functional groups attached to an aromatic ring is 1. The molecule has 1 aliphatic heterocycles. The van der Waals surface area contributed by atoms with Gasteiger partial charge in [-0.3, -0.25) is 14.5 Å². The molecule has 2 unspecified atom stereocenters. The number of hydrogen-bond acceptors (Lipinski definition) is 3. The first-order chi connectivity index (χ1) is 8.43. The van der Waals surface area contributed by atoms with Crippen molar-refractivity contribution in [1.29, 1.82) is 0 Å². The Morgan fingerprint density at radius 2 is 1.83 bits per heavy atom. The number of carbonyl (C=O) groups is 2. The van der Waals surface area contributed by atoms with Crippen LogP contribution in [0.4, 0.5) is 5.69 Å². The van der Waals surface area contributed by atoms with Crippen molar-refractivity contribution >= 4 is 17.5 Å².